The zero-order valence-corrected chi connectivity index (χ0v) is 17.8. The number of thiocarbonyl (C=S) groups is 1. The summed E-state index contributed by atoms with van der Waals surface area (Å²) in [5.41, 5.74) is 0.889. The molecular weight excluding hydrogens is 444 g/mol. The number of nitrogens with one attached hydrogen (secondary N) is 2. The number of benzene rings is 2. The number of aromatic carboxylic acids is 1. The quantitative estimate of drug-likeness (QED) is 0.345. The van der Waals surface area contributed by atoms with E-state index in [0.717, 1.165) is 32.4 Å². The third-order valence-corrected chi connectivity index (χ3v) is 5.33. The van der Waals surface area contributed by atoms with Gasteiger partial charge < -0.3 is 15.3 Å². The number of nitrogens with zero attached hydrogens (tertiary/aromatic N) is 2. The molecule has 31 heavy (non-hydrogen) atoms. The van der Waals surface area contributed by atoms with Crippen molar-refractivity contribution in [1.29, 1.82) is 0 Å². The molecule has 162 valence electrons. The van der Waals surface area contributed by atoms with Gasteiger partial charge in [-0.1, -0.05) is 11.6 Å². The van der Waals surface area contributed by atoms with Gasteiger partial charge in [-0.15, -0.1) is 0 Å². The summed E-state index contributed by atoms with van der Waals surface area (Å²) >= 11 is 11.1. The monoisotopic (exact) mass is 462 g/mol. The van der Waals surface area contributed by atoms with Gasteiger partial charge in [-0.25, -0.2) is 4.79 Å². The zero-order valence-electron chi connectivity index (χ0n) is 16.3. The van der Waals surface area contributed by atoms with Crippen molar-refractivity contribution in [3.8, 4) is 0 Å². The first-order chi connectivity index (χ1) is 14.8. The number of carbonyl (C=O) groups is 2. The van der Waals surface area contributed by atoms with E-state index >= 15 is 0 Å². The second-order valence-electron chi connectivity index (χ2n) is 6.91. The highest BCUT2D eigenvalue weighted by Gasteiger charge is 2.22. The summed E-state index contributed by atoms with van der Waals surface area (Å²) in [4.78, 5) is 36.6. The highest BCUT2D eigenvalue weighted by atomic mass is 35.5. The van der Waals surface area contributed by atoms with Gasteiger partial charge in [-0.3, -0.25) is 20.2 Å². The molecule has 1 aliphatic rings. The number of halogens is 1. The second-order valence-corrected chi connectivity index (χ2v) is 7.73. The number of piperidine rings is 1. The normalized spacial score (nSPS) is 13.4. The van der Waals surface area contributed by atoms with E-state index in [-0.39, 0.29) is 26.9 Å². The van der Waals surface area contributed by atoms with E-state index < -0.39 is 16.8 Å². The molecule has 0 saturated carbocycles. The Labute approximate surface area is 188 Å². The van der Waals surface area contributed by atoms with Gasteiger partial charge in [0, 0.05) is 30.9 Å². The fourth-order valence-corrected chi connectivity index (χ4v) is 3.80. The molecule has 3 N–H and O–H groups in total. The first kappa shape index (κ1) is 22.4. The average Bonchev–Trinajstić information content (AvgIpc) is 2.73. The number of nitro groups is 1. The molecule has 1 saturated heterocycles. The number of non-ortho nitro benzene ring substituents is 1. The number of nitro benzene ring substituents is 1. The van der Waals surface area contributed by atoms with E-state index in [9.17, 15) is 19.7 Å². The van der Waals surface area contributed by atoms with Gasteiger partial charge in [0.25, 0.3) is 11.6 Å². The lowest BCUT2D eigenvalue weighted by molar-refractivity contribution is -0.384. The zero-order chi connectivity index (χ0) is 22.5. The molecule has 0 radical (unpaired) electrons. The highest BCUT2D eigenvalue weighted by molar-refractivity contribution is 7.80. The van der Waals surface area contributed by atoms with Crippen molar-refractivity contribution in [3.63, 3.8) is 0 Å². The van der Waals surface area contributed by atoms with E-state index in [1.165, 1.54) is 30.3 Å². The van der Waals surface area contributed by atoms with E-state index in [4.69, 9.17) is 28.9 Å². The minimum absolute atomic E-state index is 0.0118. The van der Waals surface area contributed by atoms with Crippen LogP contribution in [0.15, 0.2) is 36.4 Å². The van der Waals surface area contributed by atoms with Crippen LogP contribution in [0.25, 0.3) is 0 Å². The van der Waals surface area contributed by atoms with Crippen LogP contribution in [0.3, 0.4) is 0 Å². The van der Waals surface area contributed by atoms with Gasteiger partial charge in [0.2, 0.25) is 0 Å². The molecule has 11 heteroatoms. The largest absolute Gasteiger partial charge is 0.478 e. The van der Waals surface area contributed by atoms with Gasteiger partial charge in [0.15, 0.2) is 5.11 Å². The number of carboxylic acids is 1. The fourth-order valence-electron chi connectivity index (χ4n) is 3.33. The minimum atomic E-state index is -1.16. The minimum Gasteiger partial charge on any atom is -0.478 e. The maximum absolute atomic E-state index is 12.9. The number of anilines is 2. The summed E-state index contributed by atoms with van der Waals surface area (Å²) in [6.07, 6.45) is 3.05. The van der Waals surface area contributed by atoms with Crippen molar-refractivity contribution in [2.45, 2.75) is 19.3 Å². The Balaban J connectivity index is 1.79. The lowest BCUT2D eigenvalue weighted by Gasteiger charge is -2.30. The number of rotatable bonds is 5. The number of carbonyl (C=O) groups excluding carboxylic acids is 1. The maximum atomic E-state index is 12.9. The van der Waals surface area contributed by atoms with Crippen LogP contribution in [0.2, 0.25) is 5.02 Å². The Morgan fingerprint density at radius 1 is 1.10 bits per heavy atom. The Morgan fingerprint density at radius 3 is 2.42 bits per heavy atom. The molecule has 1 amide bonds. The van der Waals surface area contributed by atoms with Crippen LogP contribution >= 0.6 is 23.8 Å². The van der Waals surface area contributed by atoms with Crippen molar-refractivity contribution in [3.05, 3.63) is 62.7 Å². The Kier molecular flexibility index (Phi) is 7.03. The first-order valence-electron chi connectivity index (χ1n) is 9.45. The van der Waals surface area contributed by atoms with Crippen molar-refractivity contribution in [2.24, 2.45) is 0 Å². The van der Waals surface area contributed by atoms with Crippen LogP contribution < -0.4 is 15.5 Å². The maximum Gasteiger partial charge on any atom is 0.337 e. The standard InChI is InChI=1S/C20H19ClN4O5S/c21-16-10-12(4-6-14(16)19(27)28)22-20(31)23-18(26)15-11-13(25(29)30)5-7-17(15)24-8-2-1-3-9-24/h4-7,10-11H,1-3,8-9H2,(H,27,28)(H2,22,23,26,31). The number of hydrogen-bond donors (Lipinski definition) is 3. The molecule has 1 heterocycles. The summed E-state index contributed by atoms with van der Waals surface area (Å²) in [5, 5.41) is 25.5. The first-order valence-corrected chi connectivity index (χ1v) is 10.2. The molecule has 3 rings (SSSR count). The van der Waals surface area contributed by atoms with Gasteiger partial charge in [0.1, 0.15) is 0 Å². The van der Waals surface area contributed by atoms with Gasteiger partial charge in [-0.05, 0) is 55.7 Å². The molecule has 0 unspecified atom stereocenters. The van der Waals surface area contributed by atoms with Gasteiger partial charge in [0.05, 0.1) is 26.8 Å². The number of hydrogen-bond acceptors (Lipinski definition) is 6. The number of carboxylic acid groups (broad SMARTS) is 1. The molecule has 0 atom stereocenters. The van der Waals surface area contributed by atoms with Crippen LogP contribution in [-0.2, 0) is 0 Å². The Morgan fingerprint density at radius 2 is 1.81 bits per heavy atom. The third kappa shape index (κ3) is 5.47. The summed E-state index contributed by atoms with van der Waals surface area (Å²) in [5.74, 6) is -1.75. The van der Waals surface area contributed by atoms with Crippen molar-refractivity contribution >= 4 is 57.9 Å². The van der Waals surface area contributed by atoms with E-state index in [0.29, 0.717) is 11.4 Å². The fraction of sp³-hybridized carbons (Fsp3) is 0.250. The Hall–Kier alpha value is -3.24. The van der Waals surface area contributed by atoms with E-state index in [1.54, 1.807) is 6.07 Å². The van der Waals surface area contributed by atoms with Crippen LogP contribution in [0, 0.1) is 10.1 Å². The predicted octanol–water partition coefficient (Wildman–Crippen LogP) is 4.06. The van der Waals surface area contributed by atoms with Crippen LogP contribution in [0.1, 0.15) is 40.0 Å². The lowest BCUT2D eigenvalue weighted by Crippen LogP contribution is -2.36. The molecule has 2 aromatic carbocycles. The summed E-state index contributed by atoms with van der Waals surface area (Å²) < 4.78 is 0. The topological polar surface area (TPSA) is 125 Å². The molecular formula is C20H19ClN4O5S. The van der Waals surface area contributed by atoms with Gasteiger partial charge >= 0.3 is 5.97 Å². The lowest BCUT2D eigenvalue weighted by atomic mass is 10.1. The molecule has 1 aliphatic heterocycles. The van der Waals surface area contributed by atoms with Crippen LogP contribution in [0.4, 0.5) is 17.1 Å². The van der Waals surface area contributed by atoms with E-state index in [1.807, 2.05) is 4.90 Å². The third-order valence-electron chi connectivity index (χ3n) is 4.82. The molecule has 0 aromatic heterocycles. The number of amides is 1. The van der Waals surface area contributed by atoms with Crippen LogP contribution in [-0.4, -0.2) is 40.1 Å². The van der Waals surface area contributed by atoms with E-state index in [2.05, 4.69) is 10.6 Å². The van der Waals surface area contributed by atoms with Crippen molar-refractivity contribution in [2.75, 3.05) is 23.3 Å². The summed E-state index contributed by atoms with van der Waals surface area (Å²) in [7, 11) is 0. The highest BCUT2D eigenvalue weighted by Crippen LogP contribution is 2.28. The average molecular weight is 463 g/mol. The van der Waals surface area contributed by atoms with Crippen LogP contribution in [0.5, 0.6) is 0 Å². The summed E-state index contributed by atoms with van der Waals surface area (Å²) in [6, 6.07) is 8.34. The molecule has 9 nitrogen and oxygen atoms in total. The predicted molar refractivity (Wildman–Crippen MR) is 121 cm³/mol. The van der Waals surface area contributed by atoms with Crippen molar-refractivity contribution < 1.29 is 19.6 Å². The second kappa shape index (κ2) is 9.71. The Bertz CT molecular complexity index is 1060. The smallest absolute Gasteiger partial charge is 0.337 e. The summed E-state index contributed by atoms with van der Waals surface area (Å²) in [6.45, 7) is 1.52. The molecule has 1 fully saturated rings. The molecule has 0 spiro atoms. The van der Waals surface area contributed by atoms with Crippen molar-refractivity contribution in [1.82, 2.24) is 5.32 Å². The molecule has 0 aliphatic carbocycles. The van der Waals surface area contributed by atoms with Gasteiger partial charge in [-0.2, -0.15) is 0 Å². The molecule has 0 bridgehead atoms. The molecule has 2 aromatic rings. The SMILES string of the molecule is O=C(O)c1ccc(NC(=S)NC(=O)c2cc([N+](=O)[O-])ccc2N2CCCCC2)cc1Cl.